The molecule has 3 nitrogen and oxygen atoms in total. The molecule has 2 aromatic carbocycles. The van der Waals surface area contributed by atoms with Crippen LogP contribution in [0.25, 0.3) is 10.9 Å². The fourth-order valence-corrected chi connectivity index (χ4v) is 2.32. The van der Waals surface area contributed by atoms with Gasteiger partial charge in [-0.3, -0.25) is 4.98 Å². The summed E-state index contributed by atoms with van der Waals surface area (Å²) in [7, 11) is 0. The highest BCUT2D eigenvalue weighted by molar-refractivity contribution is 5.81. The molecule has 1 heterocycles. The first kappa shape index (κ1) is 12.6. The second-order valence-electron chi connectivity index (χ2n) is 4.77. The maximum absolute atomic E-state index is 9.43. The van der Waals surface area contributed by atoms with Gasteiger partial charge in [-0.05, 0) is 29.3 Å². The van der Waals surface area contributed by atoms with Crippen LogP contribution in [0.2, 0.25) is 0 Å². The Bertz CT molecular complexity index is 720. The number of fused-ring (bicyclic) bond motifs is 1. The van der Waals surface area contributed by atoms with Gasteiger partial charge >= 0.3 is 0 Å². The molecule has 0 spiro atoms. The van der Waals surface area contributed by atoms with E-state index in [1.807, 2.05) is 24.4 Å². The Morgan fingerprint density at radius 3 is 2.70 bits per heavy atom. The molecule has 0 saturated carbocycles. The van der Waals surface area contributed by atoms with Crippen LogP contribution in [0.1, 0.15) is 11.1 Å². The molecule has 3 rings (SSSR count). The molecule has 0 aliphatic carbocycles. The molecule has 0 aliphatic rings. The summed E-state index contributed by atoms with van der Waals surface area (Å²) in [6.45, 7) is 1.47. The number of phenols is 1. The van der Waals surface area contributed by atoms with Crippen molar-refractivity contribution in [3.63, 3.8) is 0 Å². The summed E-state index contributed by atoms with van der Waals surface area (Å²) in [6.07, 6.45) is 1.82. The summed E-state index contributed by atoms with van der Waals surface area (Å²) < 4.78 is 0. The Kier molecular flexibility index (Phi) is 3.61. The van der Waals surface area contributed by atoms with Crippen molar-refractivity contribution in [1.29, 1.82) is 0 Å². The van der Waals surface area contributed by atoms with Crippen LogP contribution in [0.15, 0.2) is 60.8 Å². The van der Waals surface area contributed by atoms with Crippen molar-refractivity contribution in [3.05, 3.63) is 71.9 Å². The predicted octanol–water partition coefficient (Wildman–Crippen LogP) is 3.23. The minimum atomic E-state index is 0.302. The molecule has 0 atom stereocenters. The number of hydrogen-bond donors (Lipinski definition) is 2. The van der Waals surface area contributed by atoms with Gasteiger partial charge < -0.3 is 10.4 Å². The number of nitrogens with one attached hydrogen (secondary N) is 1. The van der Waals surface area contributed by atoms with Gasteiger partial charge in [0.2, 0.25) is 0 Å². The molecule has 1 aromatic heterocycles. The summed E-state index contributed by atoms with van der Waals surface area (Å²) in [5, 5.41) is 14.0. The predicted molar refractivity (Wildman–Crippen MR) is 80.4 cm³/mol. The van der Waals surface area contributed by atoms with Crippen LogP contribution in [0.5, 0.6) is 5.75 Å². The Hall–Kier alpha value is -2.39. The molecule has 0 fully saturated rings. The zero-order valence-electron chi connectivity index (χ0n) is 11.1. The zero-order chi connectivity index (χ0) is 13.8. The first-order valence-electron chi connectivity index (χ1n) is 6.64. The van der Waals surface area contributed by atoms with Gasteiger partial charge in [0.1, 0.15) is 5.75 Å². The fourth-order valence-electron chi connectivity index (χ4n) is 2.32. The second-order valence-corrected chi connectivity index (χ2v) is 4.77. The lowest BCUT2D eigenvalue weighted by molar-refractivity contribution is 0.474. The molecular formula is C17H16N2O. The number of rotatable bonds is 4. The van der Waals surface area contributed by atoms with Gasteiger partial charge in [0.15, 0.2) is 0 Å². The highest BCUT2D eigenvalue weighted by Gasteiger charge is 2.01. The lowest BCUT2D eigenvalue weighted by Crippen LogP contribution is -2.13. The Labute approximate surface area is 117 Å². The van der Waals surface area contributed by atoms with E-state index in [1.54, 1.807) is 12.1 Å². The summed E-state index contributed by atoms with van der Waals surface area (Å²) in [6, 6.07) is 17.5. The third kappa shape index (κ3) is 2.78. The fraction of sp³-hybridized carbons (Fsp3) is 0.118. The third-order valence-corrected chi connectivity index (χ3v) is 3.27. The average Bonchev–Trinajstić information content (AvgIpc) is 2.48. The molecule has 20 heavy (non-hydrogen) atoms. The normalized spacial score (nSPS) is 10.8. The highest BCUT2D eigenvalue weighted by atomic mass is 16.3. The molecular weight excluding hydrogens is 248 g/mol. The number of benzene rings is 2. The number of pyridine rings is 1. The van der Waals surface area contributed by atoms with Gasteiger partial charge in [0.25, 0.3) is 0 Å². The van der Waals surface area contributed by atoms with Crippen LogP contribution < -0.4 is 5.32 Å². The van der Waals surface area contributed by atoms with Crippen LogP contribution in [0.4, 0.5) is 0 Å². The largest absolute Gasteiger partial charge is 0.508 e. The number of phenolic OH excluding ortho intramolecular Hbond substituents is 1. The second kappa shape index (κ2) is 5.72. The van der Waals surface area contributed by atoms with Gasteiger partial charge in [-0.2, -0.15) is 0 Å². The van der Waals surface area contributed by atoms with Crippen molar-refractivity contribution < 1.29 is 5.11 Å². The van der Waals surface area contributed by atoms with Crippen LogP contribution in [-0.2, 0) is 13.1 Å². The van der Waals surface area contributed by atoms with E-state index in [2.05, 4.69) is 34.6 Å². The van der Waals surface area contributed by atoms with Gasteiger partial charge in [-0.15, -0.1) is 0 Å². The van der Waals surface area contributed by atoms with Crippen molar-refractivity contribution in [3.8, 4) is 5.75 Å². The van der Waals surface area contributed by atoms with Crippen molar-refractivity contribution in [2.45, 2.75) is 13.1 Å². The Morgan fingerprint density at radius 1 is 0.950 bits per heavy atom. The quantitative estimate of drug-likeness (QED) is 0.760. The molecule has 0 aliphatic heterocycles. The van der Waals surface area contributed by atoms with Crippen molar-refractivity contribution in [1.82, 2.24) is 10.3 Å². The molecule has 0 saturated heterocycles. The molecule has 0 unspecified atom stereocenters. The van der Waals surface area contributed by atoms with E-state index < -0.39 is 0 Å². The average molecular weight is 264 g/mol. The number of hydrogen-bond acceptors (Lipinski definition) is 3. The van der Waals surface area contributed by atoms with Crippen LogP contribution >= 0.6 is 0 Å². The molecule has 0 radical (unpaired) electrons. The van der Waals surface area contributed by atoms with Gasteiger partial charge in [-0.1, -0.05) is 36.4 Å². The SMILES string of the molecule is Oc1cccc(CNCc2cccc3cccnc23)c1. The van der Waals surface area contributed by atoms with E-state index in [-0.39, 0.29) is 0 Å². The first-order valence-corrected chi connectivity index (χ1v) is 6.64. The summed E-state index contributed by atoms with van der Waals surface area (Å²) in [5.74, 6) is 0.302. The van der Waals surface area contributed by atoms with Crippen molar-refractivity contribution in [2.24, 2.45) is 0 Å². The van der Waals surface area contributed by atoms with Crippen LogP contribution in [0, 0.1) is 0 Å². The molecule has 0 amide bonds. The number of aromatic nitrogens is 1. The van der Waals surface area contributed by atoms with E-state index in [9.17, 15) is 5.11 Å². The lowest BCUT2D eigenvalue weighted by Gasteiger charge is -2.08. The third-order valence-electron chi connectivity index (χ3n) is 3.27. The van der Waals surface area contributed by atoms with Gasteiger partial charge in [0, 0.05) is 24.7 Å². The number of para-hydroxylation sites is 1. The van der Waals surface area contributed by atoms with E-state index in [1.165, 1.54) is 5.56 Å². The molecule has 3 aromatic rings. The summed E-state index contributed by atoms with van der Waals surface area (Å²) in [4.78, 5) is 4.44. The van der Waals surface area contributed by atoms with Gasteiger partial charge in [-0.25, -0.2) is 0 Å². The first-order chi connectivity index (χ1) is 9.83. The van der Waals surface area contributed by atoms with Crippen LogP contribution in [0.3, 0.4) is 0 Å². The molecule has 3 heteroatoms. The van der Waals surface area contributed by atoms with E-state index in [4.69, 9.17) is 0 Å². The lowest BCUT2D eigenvalue weighted by atomic mass is 10.1. The minimum absolute atomic E-state index is 0.302. The highest BCUT2D eigenvalue weighted by Crippen LogP contribution is 2.16. The molecule has 0 bridgehead atoms. The van der Waals surface area contributed by atoms with Crippen molar-refractivity contribution in [2.75, 3.05) is 0 Å². The van der Waals surface area contributed by atoms with Gasteiger partial charge in [0.05, 0.1) is 5.52 Å². The van der Waals surface area contributed by atoms with Crippen LogP contribution in [-0.4, -0.2) is 10.1 Å². The molecule has 100 valence electrons. The minimum Gasteiger partial charge on any atom is -0.508 e. The summed E-state index contributed by atoms with van der Waals surface area (Å²) >= 11 is 0. The maximum atomic E-state index is 9.43. The molecule has 2 N–H and O–H groups in total. The maximum Gasteiger partial charge on any atom is 0.115 e. The standard InChI is InChI=1S/C17H16N2O/c20-16-8-1-4-13(10-16)11-18-12-15-6-2-5-14-7-3-9-19-17(14)15/h1-10,18,20H,11-12H2. The number of aromatic hydroxyl groups is 1. The Balaban J connectivity index is 1.71. The summed E-state index contributed by atoms with van der Waals surface area (Å²) in [5.41, 5.74) is 3.29. The number of nitrogens with zero attached hydrogens (tertiary/aromatic N) is 1. The van der Waals surface area contributed by atoms with E-state index in [0.717, 1.165) is 29.6 Å². The van der Waals surface area contributed by atoms with Crippen molar-refractivity contribution >= 4 is 10.9 Å². The Morgan fingerprint density at radius 2 is 1.80 bits per heavy atom. The van der Waals surface area contributed by atoms with E-state index >= 15 is 0 Å². The zero-order valence-corrected chi connectivity index (χ0v) is 11.1. The van der Waals surface area contributed by atoms with E-state index in [0.29, 0.717) is 5.75 Å². The monoisotopic (exact) mass is 264 g/mol. The topological polar surface area (TPSA) is 45.1 Å². The smallest absolute Gasteiger partial charge is 0.115 e.